The number of aromatic amines is 1. The molecule has 0 bridgehead atoms. The third kappa shape index (κ3) is 4.93. The van der Waals surface area contributed by atoms with E-state index in [0.717, 1.165) is 39.0 Å². The number of fused-ring (bicyclic) bond motifs is 1. The van der Waals surface area contributed by atoms with Crippen LogP contribution in [-0.2, 0) is 0 Å². The zero-order valence-corrected chi connectivity index (χ0v) is 18.6. The fourth-order valence-electron chi connectivity index (χ4n) is 3.55. The molecule has 0 aliphatic rings. The number of pyridine rings is 1. The molecule has 0 fully saturated rings. The van der Waals surface area contributed by atoms with Gasteiger partial charge in [0.25, 0.3) is 0 Å². The summed E-state index contributed by atoms with van der Waals surface area (Å²) in [5, 5.41) is 6.69. The maximum Gasteiger partial charge on any atom is 0.323 e. The van der Waals surface area contributed by atoms with E-state index >= 15 is 0 Å². The van der Waals surface area contributed by atoms with Crippen molar-refractivity contribution in [3.8, 4) is 0 Å². The molecular weight excluding hydrogens is 412 g/mol. The summed E-state index contributed by atoms with van der Waals surface area (Å²) in [6.07, 6.45) is 5.41. The quantitative estimate of drug-likeness (QED) is 0.301. The first-order chi connectivity index (χ1) is 16.1. The normalized spacial score (nSPS) is 12.1. The second-order valence-corrected chi connectivity index (χ2v) is 7.53. The van der Waals surface area contributed by atoms with E-state index in [9.17, 15) is 4.79 Å². The molecule has 166 valence electrons. The lowest BCUT2D eigenvalue weighted by Crippen LogP contribution is -2.19. The highest BCUT2D eigenvalue weighted by Gasteiger charge is 2.12. The lowest BCUT2D eigenvalue weighted by atomic mass is 9.99. The zero-order chi connectivity index (χ0) is 23.2. The SMILES string of the molecule is CCN=CC(=C(N)c1ccc(NC(=O)Nc2ccccc2C)cc1)c1ccnc2[nH]ccc12. The number of H-pyrrole nitrogens is 1. The molecule has 0 aliphatic heterocycles. The van der Waals surface area contributed by atoms with Crippen molar-refractivity contribution in [2.75, 3.05) is 17.2 Å². The lowest BCUT2D eigenvalue weighted by molar-refractivity contribution is 0.262. The predicted octanol–water partition coefficient (Wildman–Crippen LogP) is 5.43. The molecule has 0 spiro atoms. The first-order valence-electron chi connectivity index (χ1n) is 10.7. The Hall–Kier alpha value is -4.39. The zero-order valence-electron chi connectivity index (χ0n) is 18.6. The van der Waals surface area contributed by atoms with Crippen LogP contribution in [0.4, 0.5) is 16.2 Å². The molecule has 2 amide bonds. The van der Waals surface area contributed by atoms with Crippen LogP contribution in [-0.4, -0.2) is 28.8 Å². The average Bonchev–Trinajstić information content (AvgIpc) is 3.31. The minimum atomic E-state index is -0.303. The van der Waals surface area contributed by atoms with Gasteiger partial charge in [-0.15, -0.1) is 0 Å². The number of benzene rings is 2. The van der Waals surface area contributed by atoms with Gasteiger partial charge in [0.15, 0.2) is 0 Å². The molecule has 0 saturated carbocycles. The molecular formula is C26H26N6O. The van der Waals surface area contributed by atoms with Crippen LogP contribution in [0.3, 0.4) is 0 Å². The van der Waals surface area contributed by atoms with Crippen molar-refractivity contribution < 1.29 is 4.79 Å². The number of aromatic nitrogens is 2. The minimum Gasteiger partial charge on any atom is -0.398 e. The molecule has 33 heavy (non-hydrogen) atoms. The number of aliphatic imine (C=N–C) groups is 1. The molecule has 7 heteroatoms. The fraction of sp³-hybridized carbons (Fsp3) is 0.115. The lowest BCUT2D eigenvalue weighted by Gasteiger charge is -2.12. The van der Waals surface area contributed by atoms with E-state index in [1.165, 1.54) is 0 Å². The van der Waals surface area contributed by atoms with Crippen LogP contribution in [0.5, 0.6) is 0 Å². The number of para-hydroxylation sites is 1. The molecule has 2 heterocycles. The number of nitrogens with one attached hydrogen (secondary N) is 3. The molecule has 5 N–H and O–H groups in total. The number of rotatable bonds is 6. The molecule has 0 unspecified atom stereocenters. The summed E-state index contributed by atoms with van der Waals surface area (Å²) in [7, 11) is 0. The first kappa shape index (κ1) is 21.8. The van der Waals surface area contributed by atoms with Crippen LogP contribution in [0.1, 0.15) is 23.6 Å². The summed E-state index contributed by atoms with van der Waals surface area (Å²) in [5.41, 5.74) is 13.0. The second-order valence-electron chi connectivity index (χ2n) is 7.53. The van der Waals surface area contributed by atoms with Gasteiger partial charge in [0.2, 0.25) is 0 Å². The van der Waals surface area contributed by atoms with Crippen LogP contribution in [0.2, 0.25) is 0 Å². The van der Waals surface area contributed by atoms with E-state index in [4.69, 9.17) is 5.73 Å². The predicted molar refractivity (Wildman–Crippen MR) is 136 cm³/mol. The number of anilines is 2. The van der Waals surface area contributed by atoms with E-state index in [-0.39, 0.29) is 6.03 Å². The number of allylic oxidation sites excluding steroid dienone is 1. The molecule has 0 radical (unpaired) electrons. The van der Waals surface area contributed by atoms with Crippen molar-refractivity contribution >= 4 is 45.9 Å². The molecule has 0 saturated heterocycles. The Labute approximate surface area is 192 Å². The monoisotopic (exact) mass is 438 g/mol. The summed E-state index contributed by atoms with van der Waals surface area (Å²) in [6.45, 7) is 4.57. The Balaban J connectivity index is 1.59. The van der Waals surface area contributed by atoms with Crippen molar-refractivity contribution in [2.45, 2.75) is 13.8 Å². The summed E-state index contributed by atoms with van der Waals surface area (Å²) in [5.74, 6) is 0. The molecule has 4 rings (SSSR count). The van der Waals surface area contributed by atoms with E-state index in [1.807, 2.05) is 80.7 Å². The van der Waals surface area contributed by atoms with Crippen LogP contribution < -0.4 is 16.4 Å². The molecule has 4 aromatic rings. The van der Waals surface area contributed by atoms with E-state index < -0.39 is 0 Å². The van der Waals surface area contributed by atoms with Gasteiger partial charge >= 0.3 is 6.03 Å². The number of hydrogen-bond donors (Lipinski definition) is 4. The molecule has 2 aromatic carbocycles. The van der Waals surface area contributed by atoms with Gasteiger partial charge < -0.3 is 21.4 Å². The first-order valence-corrected chi connectivity index (χ1v) is 10.7. The highest BCUT2D eigenvalue weighted by Crippen LogP contribution is 2.27. The van der Waals surface area contributed by atoms with Crippen molar-refractivity contribution in [1.82, 2.24) is 9.97 Å². The van der Waals surface area contributed by atoms with Crippen LogP contribution in [0.25, 0.3) is 22.3 Å². The number of carbonyl (C=O) groups excluding carboxylic acids is 1. The number of aryl methyl sites for hydroxylation is 1. The smallest absolute Gasteiger partial charge is 0.323 e. The Morgan fingerprint density at radius 2 is 1.88 bits per heavy atom. The third-order valence-corrected chi connectivity index (χ3v) is 5.29. The van der Waals surface area contributed by atoms with Gasteiger partial charge in [-0.25, -0.2) is 9.78 Å². The van der Waals surface area contributed by atoms with Gasteiger partial charge in [-0.3, -0.25) is 4.99 Å². The van der Waals surface area contributed by atoms with Gasteiger partial charge in [-0.1, -0.05) is 30.3 Å². The van der Waals surface area contributed by atoms with Crippen LogP contribution >= 0.6 is 0 Å². The highest BCUT2D eigenvalue weighted by molar-refractivity contribution is 6.22. The van der Waals surface area contributed by atoms with Crippen molar-refractivity contribution in [3.05, 3.63) is 89.7 Å². The summed E-state index contributed by atoms with van der Waals surface area (Å²) < 4.78 is 0. The van der Waals surface area contributed by atoms with Crippen molar-refractivity contribution in [2.24, 2.45) is 10.7 Å². The maximum atomic E-state index is 12.4. The second kappa shape index (κ2) is 9.82. The Bertz CT molecular complexity index is 1330. The van der Waals surface area contributed by atoms with E-state index in [1.54, 1.807) is 12.4 Å². The van der Waals surface area contributed by atoms with Gasteiger partial charge in [-0.05, 0) is 60.9 Å². The number of nitrogens with zero attached hydrogens (tertiary/aromatic N) is 2. The Morgan fingerprint density at radius 1 is 1.09 bits per heavy atom. The van der Waals surface area contributed by atoms with Gasteiger partial charge in [0.1, 0.15) is 5.65 Å². The average molecular weight is 439 g/mol. The molecule has 2 aromatic heterocycles. The Morgan fingerprint density at radius 3 is 2.64 bits per heavy atom. The minimum absolute atomic E-state index is 0.303. The highest BCUT2D eigenvalue weighted by atomic mass is 16.2. The van der Waals surface area contributed by atoms with Crippen LogP contribution in [0.15, 0.2) is 78.0 Å². The number of amides is 2. The summed E-state index contributed by atoms with van der Waals surface area (Å²) in [4.78, 5) is 24.3. The summed E-state index contributed by atoms with van der Waals surface area (Å²) >= 11 is 0. The number of nitrogens with two attached hydrogens (primary N) is 1. The van der Waals surface area contributed by atoms with Gasteiger partial charge in [-0.2, -0.15) is 0 Å². The molecule has 7 nitrogen and oxygen atoms in total. The van der Waals surface area contributed by atoms with E-state index in [2.05, 4.69) is 25.6 Å². The fourth-order valence-corrected chi connectivity index (χ4v) is 3.55. The molecule has 0 atom stereocenters. The molecule has 0 aliphatic carbocycles. The summed E-state index contributed by atoms with van der Waals surface area (Å²) in [6, 6.07) is 18.7. The number of hydrogen-bond acceptors (Lipinski definition) is 4. The maximum absolute atomic E-state index is 12.4. The van der Waals surface area contributed by atoms with Gasteiger partial charge in [0, 0.05) is 53.2 Å². The topological polar surface area (TPSA) is 108 Å². The standard InChI is InChI=1S/C26H26N6O/c1-3-28-16-22(20-12-14-29-25-21(20)13-15-30-25)24(27)18-8-10-19(11-9-18)31-26(33)32-23-7-5-4-6-17(23)2/h4-16H,3,27H2,1-2H3,(H,29,30)(H2,31,32,33). The third-order valence-electron chi connectivity index (χ3n) is 5.29. The number of carbonyl (C=O) groups is 1. The van der Waals surface area contributed by atoms with Crippen molar-refractivity contribution in [1.29, 1.82) is 0 Å². The Kier molecular flexibility index (Phi) is 6.50. The van der Waals surface area contributed by atoms with Crippen LogP contribution in [0, 0.1) is 6.92 Å². The largest absolute Gasteiger partial charge is 0.398 e. The van der Waals surface area contributed by atoms with Gasteiger partial charge in [0.05, 0.1) is 0 Å². The van der Waals surface area contributed by atoms with E-state index in [0.29, 0.717) is 17.9 Å². The number of urea groups is 1. The van der Waals surface area contributed by atoms with Crippen molar-refractivity contribution in [3.63, 3.8) is 0 Å².